The number of esters is 2. The summed E-state index contributed by atoms with van der Waals surface area (Å²) < 4.78 is 15.1. The minimum absolute atomic E-state index is 0.169. The molecule has 0 amide bonds. The topological polar surface area (TPSA) is 61.8 Å². The average Bonchev–Trinajstić information content (AvgIpc) is 2.34. The van der Waals surface area contributed by atoms with Gasteiger partial charge in [-0.3, -0.25) is 9.59 Å². The van der Waals surface area contributed by atoms with Crippen LogP contribution in [0.5, 0.6) is 0 Å². The Balaban J connectivity index is 4.75. The Morgan fingerprint density at radius 3 is 1.72 bits per heavy atom. The minimum atomic E-state index is -0.956. The van der Waals surface area contributed by atoms with Crippen molar-refractivity contribution in [2.45, 2.75) is 34.1 Å². The number of allylic oxidation sites excluding steroid dienone is 2. The van der Waals surface area contributed by atoms with Gasteiger partial charge in [0.25, 0.3) is 0 Å². The fourth-order valence-corrected chi connectivity index (χ4v) is 1.40. The van der Waals surface area contributed by atoms with Crippen LogP contribution in [0.1, 0.15) is 34.1 Å². The van der Waals surface area contributed by atoms with Gasteiger partial charge in [-0.2, -0.15) is 0 Å². The monoisotopic (exact) mass is 258 g/mol. The second-order valence-electron chi connectivity index (χ2n) is 3.45. The molecule has 5 nitrogen and oxygen atoms in total. The first kappa shape index (κ1) is 16.5. The lowest BCUT2D eigenvalue weighted by Crippen LogP contribution is -2.29. The number of ether oxygens (including phenoxy) is 3. The molecule has 0 aromatic heterocycles. The van der Waals surface area contributed by atoms with E-state index in [1.807, 2.05) is 6.92 Å². The summed E-state index contributed by atoms with van der Waals surface area (Å²) >= 11 is 0. The van der Waals surface area contributed by atoms with Crippen LogP contribution in [0.25, 0.3) is 0 Å². The molecular formula is C13H22O5. The van der Waals surface area contributed by atoms with Crippen LogP contribution >= 0.6 is 0 Å². The van der Waals surface area contributed by atoms with Crippen LogP contribution in [0.15, 0.2) is 11.8 Å². The number of rotatable bonds is 8. The third-order valence-corrected chi connectivity index (χ3v) is 2.20. The van der Waals surface area contributed by atoms with Crippen molar-refractivity contribution in [2.75, 3.05) is 19.8 Å². The highest BCUT2D eigenvalue weighted by Crippen LogP contribution is 2.16. The van der Waals surface area contributed by atoms with E-state index in [9.17, 15) is 9.59 Å². The van der Waals surface area contributed by atoms with Gasteiger partial charge in [0, 0.05) is 6.42 Å². The molecule has 0 aromatic rings. The molecule has 0 saturated heterocycles. The molecule has 0 N–H and O–H groups in total. The molecule has 0 unspecified atom stereocenters. The standard InChI is InChI=1S/C13H22O5/c1-5-10(16-6-2)9-11(12(14)17-7-3)13(15)18-8-4/h5,11H,6-9H2,1-4H3/b10-5+. The summed E-state index contributed by atoms with van der Waals surface area (Å²) in [6.07, 6.45) is 1.90. The summed E-state index contributed by atoms with van der Waals surface area (Å²) in [6, 6.07) is 0. The van der Waals surface area contributed by atoms with Crippen molar-refractivity contribution in [3.05, 3.63) is 11.8 Å². The van der Waals surface area contributed by atoms with Crippen LogP contribution in [0, 0.1) is 5.92 Å². The van der Waals surface area contributed by atoms with E-state index in [-0.39, 0.29) is 19.6 Å². The van der Waals surface area contributed by atoms with Crippen molar-refractivity contribution in [3.8, 4) is 0 Å². The van der Waals surface area contributed by atoms with Crippen LogP contribution in [-0.4, -0.2) is 31.8 Å². The quantitative estimate of drug-likeness (QED) is 0.379. The van der Waals surface area contributed by atoms with Gasteiger partial charge in [0.1, 0.15) is 0 Å². The fraction of sp³-hybridized carbons (Fsp3) is 0.692. The molecule has 0 spiro atoms. The Morgan fingerprint density at radius 1 is 0.944 bits per heavy atom. The summed E-state index contributed by atoms with van der Waals surface area (Å²) in [5, 5.41) is 0. The van der Waals surface area contributed by atoms with Crippen LogP contribution in [-0.2, 0) is 23.8 Å². The molecule has 0 aliphatic rings. The summed E-state index contributed by atoms with van der Waals surface area (Å²) in [4.78, 5) is 23.4. The number of carbonyl (C=O) groups excluding carboxylic acids is 2. The Bertz CT molecular complexity index is 278. The van der Waals surface area contributed by atoms with E-state index in [0.29, 0.717) is 12.4 Å². The lowest BCUT2D eigenvalue weighted by molar-refractivity contribution is -0.161. The van der Waals surface area contributed by atoms with Gasteiger partial charge >= 0.3 is 11.9 Å². The Labute approximate surface area is 108 Å². The van der Waals surface area contributed by atoms with Crippen molar-refractivity contribution in [1.82, 2.24) is 0 Å². The van der Waals surface area contributed by atoms with E-state index in [4.69, 9.17) is 14.2 Å². The molecule has 18 heavy (non-hydrogen) atoms. The van der Waals surface area contributed by atoms with Gasteiger partial charge in [-0.1, -0.05) is 0 Å². The van der Waals surface area contributed by atoms with Gasteiger partial charge in [-0.15, -0.1) is 0 Å². The highest BCUT2D eigenvalue weighted by molar-refractivity contribution is 5.95. The highest BCUT2D eigenvalue weighted by atomic mass is 16.6. The lowest BCUT2D eigenvalue weighted by atomic mass is 10.0. The van der Waals surface area contributed by atoms with Crippen molar-refractivity contribution in [2.24, 2.45) is 5.92 Å². The average molecular weight is 258 g/mol. The molecule has 0 heterocycles. The highest BCUT2D eigenvalue weighted by Gasteiger charge is 2.30. The zero-order valence-corrected chi connectivity index (χ0v) is 11.5. The summed E-state index contributed by atoms with van der Waals surface area (Å²) in [5.74, 6) is -1.52. The van der Waals surface area contributed by atoms with Crippen molar-refractivity contribution < 1.29 is 23.8 Å². The number of carbonyl (C=O) groups is 2. The van der Waals surface area contributed by atoms with E-state index >= 15 is 0 Å². The van der Waals surface area contributed by atoms with E-state index in [2.05, 4.69) is 0 Å². The van der Waals surface area contributed by atoms with E-state index in [0.717, 1.165) is 0 Å². The van der Waals surface area contributed by atoms with Crippen molar-refractivity contribution in [1.29, 1.82) is 0 Å². The SMILES string of the molecule is C/C=C(\CC(C(=O)OCC)C(=O)OCC)OCC. The first-order valence-corrected chi connectivity index (χ1v) is 6.21. The molecule has 0 saturated carbocycles. The Kier molecular flexibility index (Phi) is 8.70. The maximum atomic E-state index is 11.7. The molecule has 0 aromatic carbocycles. The molecule has 0 bridgehead atoms. The third kappa shape index (κ3) is 5.70. The van der Waals surface area contributed by atoms with Gasteiger partial charge in [0.2, 0.25) is 0 Å². The van der Waals surface area contributed by atoms with E-state index < -0.39 is 17.9 Å². The van der Waals surface area contributed by atoms with Gasteiger partial charge in [0.15, 0.2) is 5.92 Å². The van der Waals surface area contributed by atoms with Crippen molar-refractivity contribution in [3.63, 3.8) is 0 Å². The molecular weight excluding hydrogens is 236 g/mol. The first-order chi connectivity index (χ1) is 8.60. The maximum Gasteiger partial charge on any atom is 0.320 e. The van der Waals surface area contributed by atoms with Crippen LogP contribution in [0.4, 0.5) is 0 Å². The van der Waals surface area contributed by atoms with Gasteiger partial charge in [0.05, 0.1) is 25.6 Å². The summed E-state index contributed by atoms with van der Waals surface area (Å²) in [5.41, 5.74) is 0. The van der Waals surface area contributed by atoms with Crippen molar-refractivity contribution >= 4 is 11.9 Å². The Morgan fingerprint density at radius 2 is 1.39 bits per heavy atom. The van der Waals surface area contributed by atoms with Gasteiger partial charge < -0.3 is 14.2 Å². The van der Waals surface area contributed by atoms with E-state index in [1.165, 1.54) is 0 Å². The summed E-state index contributed by atoms with van der Waals surface area (Å²) in [7, 11) is 0. The van der Waals surface area contributed by atoms with Gasteiger partial charge in [-0.05, 0) is 33.8 Å². The normalized spacial score (nSPS) is 11.3. The maximum absolute atomic E-state index is 11.7. The molecule has 0 aliphatic carbocycles. The zero-order chi connectivity index (χ0) is 14.0. The van der Waals surface area contributed by atoms with Crippen LogP contribution in [0.3, 0.4) is 0 Å². The summed E-state index contributed by atoms with van der Waals surface area (Å²) in [6.45, 7) is 7.96. The molecule has 0 atom stereocenters. The van der Waals surface area contributed by atoms with Gasteiger partial charge in [-0.25, -0.2) is 0 Å². The largest absolute Gasteiger partial charge is 0.499 e. The third-order valence-electron chi connectivity index (χ3n) is 2.20. The molecule has 5 heteroatoms. The smallest absolute Gasteiger partial charge is 0.320 e. The fourth-order valence-electron chi connectivity index (χ4n) is 1.40. The van der Waals surface area contributed by atoms with E-state index in [1.54, 1.807) is 26.8 Å². The molecule has 104 valence electrons. The molecule has 0 rings (SSSR count). The minimum Gasteiger partial charge on any atom is -0.499 e. The second kappa shape index (κ2) is 9.50. The predicted octanol–water partition coefficient (Wildman–Crippen LogP) is 2.06. The number of hydrogen-bond donors (Lipinski definition) is 0. The number of hydrogen-bond acceptors (Lipinski definition) is 5. The van der Waals surface area contributed by atoms with Crippen LogP contribution in [0.2, 0.25) is 0 Å². The molecule has 0 radical (unpaired) electrons. The first-order valence-electron chi connectivity index (χ1n) is 6.21. The zero-order valence-electron chi connectivity index (χ0n) is 11.5. The lowest BCUT2D eigenvalue weighted by Gasteiger charge is -2.16. The second-order valence-corrected chi connectivity index (χ2v) is 3.45. The van der Waals surface area contributed by atoms with Crippen LogP contribution < -0.4 is 0 Å². The Hall–Kier alpha value is -1.52. The molecule has 0 aliphatic heterocycles. The predicted molar refractivity (Wildman–Crippen MR) is 66.8 cm³/mol. The molecule has 0 fully saturated rings.